The molecule has 0 unspecified atom stereocenters. The predicted molar refractivity (Wildman–Crippen MR) is 59.0 cm³/mol. The quantitative estimate of drug-likeness (QED) is 0.720. The monoisotopic (exact) mass is 211 g/mol. The molecule has 3 rings (SSSR count). The van der Waals surface area contributed by atoms with Gasteiger partial charge >= 0.3 is 0 Å². The van der Waals surface area contributed by atoms with Gasteiger partial charge < -0.3 is 4.90 Å². The van der Waals surface area contributed by atoms with Crippen LogP contribution in [0.2, 0.25) is 0 Å². The zero-order valence-electron chi connectivity index (χ0n) is 8.50. The van der Waals surface area contributed by atoms with Gasteiger partial charge in [0.05, 0.1) is 6.54 Å². The Morgan fingerprint density at radius 3 is 2.75 bits per heavy atom. The van der Waals surface area contributed by atoms with Crippen molar-refractivity contribution in [3.05, 3.63) is 54.1 Å². The largest absolute Gasteiger partial charge is 0.302 e. The number of rotatable bonds is 1. The van der Waals surface area contributed by atoms with Crippen LogP contribution in [0.15, 0.2) is 42.9 Å². The van der Waals surface area contributed by atoms with E-state index in [0.717, 1.165) is 11.3 Å². The van der Waals surface area contributed by atoms with Crippen molar-refractivity contribution >= 4 is 11.6 Å². The molecule has 0 saturated carbocycles. The van der Waals surface area contributed by atoms with Crippen molar-refractivity contribution in [3.63, 3.8) is 0 Å². The molecule has 4 nitrogen and oxygen atoms in total. The fraction of sp³-hybridized carbons (Fsp3) is 0.0833. The van der Waals surface area contributed by atoms with Crippen LogP contribution in [0.25, 0.3) is 0 Å². The van der Waals surface area contributed by atoms with Crippen molar-refractivity contribution in [1.82, 2.24) is 9.97 Å². The Bertz CT molecular complexity index is 539. The third-order valence-corrected chi connectivity index (χ3v) is 2.63. The standard InChI is InChI=1S/C12H9N3O/c16-12-11-9(6-13-8-14-11)7-15(12)10-4-2-1-3-5-10/h1-6,8H,7H2. The van der Waals surface area contributed by atoms with E-state index in [0.29, 0.717) is 12.2 Å². The highest BCUT2D eigenvalue weighted by Gasteiger charge is 2.29. The number of hydrogen-bond acceptors (Lipinski definition) is 3. The first kappa shape index (κ1) is 9.03. The highest BCUT2D eigenvalue weighted by atomic mass is 16.2. The molecule has 0 aliphatic carbocycles. The number of aromatic nitrogens is 2. The Balaban J connectivity index is 2.02. The van der Waals surface area contributed by atoms with Crippen LogP contribution < -0.4 is 4.90 Å². The van der Waals surface area contributed by atoms with Crippen LogP contribution >= 0.6 is 0 Å². The van der Waals surface area contributed by atoms with Gasteiger partial charge in [0.2, 0.25) is 0 Å². The molecular formula is C12H9N3O. The topological polar surface area (TPSA) is 46.1 Å². The first-order valence-electron chi connectivity index (χ1n) is 5.02. The Morgan fingerprint density at radius 1 is 1.19 bits per heavy atom. The average molecular weight is 211 g/mol. The van der Waals surface area contributed by atoms with E-state index in [1.165, 1.54) is 6.33 Å². The van der Waals surface area contributed by atoms with E-state index in [1.807, 2.05) is 30.3 Å². The minimum Gasteiger partial charge on any atom is -0.302 e. The fourth-order valence-corrected chi connectivity index (χ4v) is 1.85. The number of carbonyl (C=O) groups is 1. The number of carbonyl (C=O) groups excluding carboxylic acids is 1. The summed E-state index contributed by atoms with van der Waals surface area (Å²) in [6.45, 7) is 0.555. The highest BCUT2D eigenvalue weighted by molar-refractivity contribution is 6.08. The number of fused-ring (bicyclic) bond motifs is 1. The van der Waals surface area contributed by atoms with Crippen LogP contribution in [0.3, 0.4) is 0 Å². The molecule has 78 valence electrons. The first-order chi connectivity index (χ1) is 7.86. The molecule has 2 aromatic rings. The van der Waals surface area contributed by atoms with Gasteiger partial charge in [0.1, 0.15) is 12.0 Å². The average Bonchev–Trinajstić information content (AvgIpc) is 2.69. The van der Waals surface area contributed by atoms with Crippen molar-refractivity contribution in [2.45, 2.75) is 6.54 Å². The van der Waals surface area contributed by atoms with Gasteiger partial charge in [0.15, 0.2) is 0 Å². The van der Waals surface area contributed by atoms with E-state index in [-0.39, 0.29) is 5.91 Å². The molecule has 1 aromatic heterocycles. The Kier molecular flexibility index (Phi) is 1.93. The van der Waals surface area contributed by atoms with Crippen molar-refractivity contribution < 1.29 is 4.79 Å². The number of amides is 1. The molecule has 1 aliphatic heterocycles. The van der Waals surface area contributed by atoms with Crippen LogP contribution in [-0.2, 0) is 6.54 Å². The predicted octanol–water partition coefficient (Wildman–Crippen LogP) is 1.64. The second kappa shape index (κ2) is 3.41. The number of hydrogen-bond donors (Lipinski definition) is 0. The number of anilines is 1. The van der Waals surface area contributed by atoms with Gasteiger partial charge in [0.25, 0.3) is 5.91 Å². The molecule has 1 amide bonds. The molecule has 16 heavy (non-hydrogen) atoms. The maximum Gasteiger partial charge on any atom is 0.277 e. The van der Waals surface area contributed by atoms with E-state index >= 15 is 0 Å². The summed E-state index contributed by atoms with van der Waals surface area (Å²) >= 11 is 0. The number of para-hydroxylation sites is 1. The van der Waals surface area contributed by atoms with E-state index in [1.54, 1.807) is 11.1 Å². The van der Waals surface area contributed by atoms with Crippen LogP contribution in [0, 0.1) is 0 Å². The molecular weight excluding hydrogens is 202 g/mol. The third kappa shape index (κ3) is 1.27. The lowest BCUT2D eigenvalue weighted by molar-refractivity contribution is 0.0992. The summed E-state index contributed by atoms with van der Waals surface area (Å²) in [5, 5.41) is 0. The molecule has 0 bridgehead atoms. The molecule has 2 heterocycles. The zero-order chi connectivity index (χ0) is 11.0. The summed E-state index contributed by atoms with van der Waals surface area (Å²) < 4.78 is 0. The highest BCUT2D eigenvalue weighted by Crippen LogP contribution is 2.25. The summed E-state index contributed by atoms with van der Waals surface area (Å²) in [6.07, 6.45) is 3.11. The van der Waals surface area contributed by atoms with Crippen LogP contribution in [0.1, 0.15) is 16.1 Å². The minimum absolute atomic E-state index is 0.0522. The van der Waals surface area contributed by atoms with Gasteiger partial charge in [-0.05, 0) is 12.1 Å². The van der Waals surface area contributed by atoms with E-state index in [4.69, 9.17) is 0 Å². The summed E-state index contributed by atoms with van der Waals surface area (Å²) in [4.78, 5) is 21.7. The van der Waals surface area contributed by atoms with Crippen molar-refractivity contribution in [2.75, 3.05) is 4.90 Å². The Labute approximate surface area is 92.6 Å². The fourth-order valence-electron chi connectivity index (χ4n) is 1.85. The van der Waals surface area contributed by atoms with Crippen LogP contribution in [-0.4, -0.2) is 15.9 Å². The number of nitrogens with zero attached hydrogens (tertiary/aromatic N) is 3. The smallest absolute Gasteiger partial charge is 0.277 e. The lowest BCUT2D eigenvalue weighted by Crippen LogP contribution is -2.23. The second-order valence-electron chi connectivity index (χ2n) is 3.62. The minimum atomic E-state index is -0.0522. The lowest BCUT2D eigenvalue weighted by Gasteiger charge is -2.14. The molecule has 0 radical (unpaired) electrons. The maximum absolute atomic E-state index is 12.0. The maximum atomic E-state index is 12.0. The van der Waals surface area contributed by atoms with Crippen LogP contribution in [0.4, 0.5) is 5.69 Å². The third-order valence-electron chi connectivity index (χ3n) is 2.63. The van der Waals surface area contributed by atoms with E-state index in [2.05, 4.69) is 9.97 Å². The molecule has 0 atom stereocenters. The SMILES string of the molecule is O=C1c2ncncc2CN1c1ccccc1. The summed E-state index contributed by atoms with van der Waals surface area (Å²) in [7, 11) is 0. The Morgan fingerprint density at radius 2 is 2.00 bits per heavy atom. The normalized spacial score (nSPS) is 14.0. The Hall–Kier alpha value is -2.23. The molecule has 0 fully saturated rings. The van der Waals surface area contributed by atoms with Crippen molar-refractivity contribution in [1.29, 1.82) is 0 Å². The molecule has 0 spiro atoms. The molecule has 1 aromatic carbocycles. The summed E-state index contributed by atoms with van der Waals surface area (Å²) in [6, 6.07) is 9.58. The van der Waals surface area contributed by atoms with Gasteiger partial charge in [0, 0.05) is 17.4 Å². The van der Waals surface area contributed by atoms with Gasteiger partial charge in [-0.3, -0.25) is 4.79 Å². The molecule has 0 saturated heterocycles. The second-order valence-corrected chi connectivity index (χ2v) is 3.62. The molecule has 0 N–H and O–H groups in total. The van der Waals surface area contributed by atoms with Gasteiger partial charge in [-0.2, -0.15) is 0 Å². The van der Waals surface area contributed by atoms with Gasteiger partial charge in [-0.25, -0.2) is 9.97 Å². The summed E-state index contributed by atoms with van der Waals surface area (Å²) in [5.74, 6) is -0.0522. The van der Waals surface area contributed by atoms with Crippen LogP contribution in [0.5, 0.6) is 0 Å². The van der Waals surface area contributed by atoms with E-state index in [9.17, 15) is 4.79 Å². The van der Waals surface area contributed by atoms with Gasteiger partial charge in [-0.1, -0.05) is 18.2 Å². The van der Waals surface area contributed by atoms with Gasteiger partial charge in [-0.15, -0.1) is 0 Å². The molecule has 4 heteroatoms. The zero-order valence-corrected chi connectivity index (χ0v) is 8.50. The lowest BCUT2D eigenvalue weighted by atomic mass is 10.3. The summed E-state index contributed by atoms with van der Waals surface area (Å²) in [5.41, 5.74) is 2.29. The first-order valence-corrected chi connectivity index (χ1v) is 5.02. The van der Waals surface area contributed by atoms with E-state index < -0.39 is 0 Å². The van der Waals surface area contributed by atoms with Crippen molar-refractivity contribution in [2.24, 2.45) is 0 Å². The van der Waals surface area contributed by atoms with Crippen molar-refractivity contribution in [3.8, 4) is 0 Å². The molecule has 1 aliphatic rings. The number of benzene rings is 1.